The molecule has 1 saturated heterocycles. The van der Waals surface area contributed by atoms with E-state index >= 15 is 0 Å². The SMILES string of the molecule is COCC(C)C1CC(O)CN1. The molecule has 0 spiro atoms. The number of rotatable bonds is 3. The molecule has 0 bridgehead atoms. The quantitative estimate of drug-likeness (QED) is 0.608. The van der Waals surface area contributed by atoms with Crippen molar-refractivity contribution in [2.24, 2.45) is 5.92 Å². The van der Waals surface area contributed by atoms with Crippen molar-refractivity contribution < 1.29 is 9.84 Å². The third-order valence-corrected chi connectivity index (χ3v) is 2.26. The van der Waals surface area contributed by atoms with Gasteiger partial charge in [0.05, 0.1) is 12.7 Å². The van der Waals surface area contributed by atoms with Gasteiger partial charge in [0, 0.05) is 19.7 Å². The maximum Gasteiger partial charge on any atom is 0.0679 e. The van der Waals surface area contributed by atoms with Gasteiger partial charge < -0.3 is 15.2 Å². The number of methoxy groups -OCH3 is 1. The normalized spacial score (nSPS) is 34.1. The maximum absolute atomic E-state index is 9.21. The van der Waals surface area contributed by atoms with E-state index in [0.717, 1.165) is 19.6 Å². The number of ether oxygens (including phenoxy) is 1. The van der Waals surface area contributed by atoms with E-state index in [2.05, 4.69) is 12.2 Å². The average molecular weight is 159 g/mol. The zero-order valence-corrected chi connectivity index (χ0v) is 7.21. The molecule has 1 aliphatic heterocycles. The predicted molar refractivity (Wildman–Crippen MR) is 43.5 cm³/mol. The van der Waals surface area contributed by atoms with Gasteiger partial charge in [-0.1, -0.05) is 6.92 Å². The molecule has 3 atom stereocenters. The molecule has 0 aromatic heterocycles. The van der Waals surface area contributed by atoms with Gasteiger partial charge in [0.2, 0.25) is 0 Å². The lowest BCUT2D eigenvalue weighted by molar-refractivity contribution is 0.137. The smallest absolute Gasteiger partial charge is 0.0679 e. The molecule has 0 saturated carbocycles. The van der Waals surface area contributed by atoms with Gasteiger partial charge in [0.1, 0.15) is 0 Å². The number of aliphatic hydroxyl groups excluding tert-OH is 1. The first kappa shape index (κ1) is 8.97. The maximum atomic E-state index is 9.21. The second-order valence-corrected chi connectivity index (χ2v) is 3.34. The Hall–Kier alpha value is -0.120. The van der Waals surface area contributed by atoms with Crippen LogP contribution in [-0.2, 0) is 4.74 Å². The second kappa shape index (κ2) is 4.04. The summed E-state index contributed by atoms with van der Waals surface area (Å²) in [6.45, 7) is 3.64. The molecule has 3 unspecified atom stereocenters. The van der Waals surface area contributed by atoms with Crippen molar-refractivity contribution in [2.45, 2.75) is 25.5 Å². The molecule has 0 amide bonds. The Morgan fingerprint density at radius 3 is 2.91 bits per heavy atom. The molecule has 1 heterocycles. The van der Waals surface area contributed by atoms with Crippen LogP contribution in [0.1, 0.15) is 13.3 Å². The highest BCUT2D eigenvalue weighted by Gasteiger charge is 2.26. The minimum Gasteiger partial charge on any atom is -0.392 e. The van der Waals surface area contributed by atoms with Crippen LogP contribution in [0.3, 0.4) is 0 Å². The summed E-state index contributed by atoms with van der Waals surface area (Å²) in [5.74, 6) is 0.497. The van der Waals surface area contributed by atoms with Crippen LogP contribution in [-0.4, -0.2) is 37.5 Å². The number of aliphatic hydroxyl groups is 1. The van der Waals surface area contributed by atoms with E-state index in [4.69, 9.17) is 4.74 Å². The first-order valence-electron chi connectivity index (χ1n) is 4.14. The molecule has 0 aliphatic carbocycles. The minimum atomic E-state index is -0.153. The number of nitrogens with one attached hydrogen (secondary N) is 1. The first-order chi connectivity index (χ1) is 5.24. The molecule has 1 aliphatic rings. The lowest BCUT2D eigenvalue weighted by Gasteiger charge is -2.17. The molecular formula is C8H17NO2. The van der Waals surface area contributed by atoms with Crippen LogP contribution in [0, 0.1) is 5.92 Å². The zero-order valence-electron chi connectivity index (χ0n) is 7.21. The summed E-state index contributed by atoms with van der Waals surface area (Å²) in [7, 11) is 1.71. The Labute approximate surface area is 67.7 Å². The molecule has 66 valence electrons. The topological polar surface area (TPSA) is 41.5 Å². The Balaban J connectivity index is 2.25. The van der Waals surface area contributed by atoms with Crippen LogP contribution >= 0.6 is 0 Å². The standard InChI is InChI=1S/C8H17NO2/c1-6(5-11-2)8-3-7(10)4-9-8/h6-10H,3-5H2,1-2H3. The lowest BCUT2D eigenvalue weighted by atomic mass is 10.0. The van der Waals surface area contributed by atoms with Crippen molar-refractivity contribution in [2.75, 3.05) is 20.3 Å². The third-order valence-electron chi connectivity index (χ3n) is 2.26. The highest BCUT2D eigenvalue weighted by atomic mass is 16.5. The summed E-state index contributed by atoms with van der Waals surface area (Å²) >= 11 is 0. The first-order valence-corrected chi connectivity index (χ1v) is 4.14. The van der Waals surface area contributed by atoms with Gasteiger partial charge in [-0.3, -0.25) is 0 Å². The summed E-state index contributed by atoms with van der Waals surface area (Å²) in [4.78, 5) is 0. The molecule has 3 heteroatoms. The van der Waals surface area contributed by atoms with Crippen LogP contribution in [0.5, 0.6) is 0 Å². The fourth-order valence-corrected chi connectivity index (χ4v) is 1.56. The van der Waals surface area contributed by atoms with E-state index < -0.39 is 0 Å². The number of hydrogen-bond acceptors (Lipinski definition) is 3. The monoisotopic (exact) mass is 159 g/mol. The van der Waals surface area contributed by atoms with Crippen molar-refractivity contribution in [1.82, 2.24) is 5.32 Å². The predicted octanol–water partition coefficient (Wildman–Crippen LogP) is -0.00830. The Bertz CT molecular complexity index is 119. The molecule has 1 fully saturated rings. The summed E-state index contributed by atoms with van der Waals surface area (Å²) in [6.07, 6.45) is 0.712. The van der Waals surface area contributed by atoms with Gasteiger partial charge in [-0.2, -0.15) is 0 Å². The van der Waals surface area contributed by atoms with Crippen LogP contribution < -0.4 is 5.32 Å². The van der Waals surface area contributed by atoms with E-state index in [9.17, 15) is 5.11 Å². The summed E-state index contributed by atoms with van der Waals surface area (Å²) in [5.41, 5.74) is 0. The molecule has 3 nitrogen and oxygen atoms in total. The molecule has 0 aromatic rings. The lowest BCUT2D eigenvalue weighted by Crippen LogP contribution is -2.31. The Morgan fingerprint density at radius 1 is 1.73 bits per heavy atom. The highest BCUT2D eigenvalue weighted by Crippen LogP contribution is 2.14. The van der Waals surface area contributed by atoms with Crippen molar-refractivity contribution in [3.8, 4) is 0 Å². The number of β-amino-alcohol motifs (C(OH)–C–C–N with tert-alkyl or cyclic N) is 1. The van der Waals surface area contributed by atoms with Gasteiger partial charge >= 0.3 is 0 Å². The van der Waals surface area contributed by atoms with Gasteiger partial charge in [0.25, 0.3) is 0 Å². The highest BCUT2D eigenvalue weighted by molar-refractivity contribution is 4.84. The van der Waals surface area contributed by atoms with Crippen LogP contribution in [0.4, 0.5) is 0 Å². The molecule has 0 radical (unpaired) electrons. The van der Waals surface area contributed by atoms with E-state index in [1.165, 1.54) is 0 Å². The molecular weight excluding hydrogens is 142 g/mol. The van der Waals surface area contributed by atoms with Crippen molar-refractivity contribution in [3.05, 3.63) is 0 Å². The molecule has 11 heavy (non-hydrogen) atoms. The zero-order chi connectivity index (χ0) is 8.27. The van der Waals surface area contributed by atoms with Crippen LogP contribution in [0.2, 0.25) is 0 Å². The Morgan fingerprint density at radius 2 is 2.45 bits per heavy atom. The van der Waals surface area contributed by atoms with Crippen LogP contribution in [0.25, 0.3) is 0 Å². The van der Waals surface area contributed by atoms with Crippen molar-refractivity contribution in [1.29, 1.82) is 0 Å². The molecule has 0 aromatic carbocycles. The van der Waals surface area contributed by atoms with E-state index in [1.807, 2.05) is 0 Å². The summed E-state index contributed by atoms with van der Waals surface area (Å²) in [6, 6.07) is 0.435. The van der Waals surface area contributed by atoms with Crippen molar-refractivity contribution >= 4 is 0 Å². The Kier molecular flexibility index (Phi) is 3.30. The molecule has 2 N–H and O–H groups in total. The minimum absolute atomic E-state index is 0.153. The second-order valence-electron chi connectivity index (χ2n) is 3.34. The molecule has 1 rings (SSSR count). The largest absolute Gasteiger partial charge is 0.392 e. The third kappa shape index (κ3) is 2.43. The van der Waals surface area contributed by atoms with Gasteiger partial charge in [-0.15, -0.1) is 0 Å². The van der Waals surface area contributed by atoms with Gasteiger partial charge in [-0.05, 0) is 12.3 Å². The average Bonchev–Trinajstić information content (AvgIpc) is 2.36. The van der Waals surface area contributed by atoms with E-state index in [-0.39, 0.29) is 6.10 Å². The van der Waals surface area contributed by atoms with E-state index in [0.29, 0.717) is 12.0 Å². The van der Waals surface area contributed by atoms with E-state index in [1.54, 1.807) is 7.11 Å². The number of hydrogen-bond donors (Lipinski definition) is 2. The van der Waals surface area contributed by atoms with Gasteiger partial charge in [0.15, 0.2) is 0 Å². The van der Waals surface area contributed by atoms with Crippen LogP contribution in [0.15, 0.2) is 0 Å². The summed E-state index contributed by atoms with van der Waals surface area (Å²) < 4.78 is 5.03. The summed E-state index contributed by atoms with van der Waals surface area (Å²) in [5, 5.41) is 12.5. The van der Waals surface area contributed by atoms with Crippen molar-refractivity contribution in [3.63, 3.8) is 0 Å². The fourth-order valence-electron chi connectivity index (χ4n) is 1.56. The van der Waals surface area contributed by atoms with Gasteiger partial charge in [-0.25, -0.2) is 0 Å². The fraction of sp³-hybridized carbons (Fsp3) is 1.00.